The van der Waals surface area contributed by atoms with Crippen LogP contribution in [0.25, 0.3) is 0 Å². The van der Waals surface area contributed by atoms with Crippen molar-refractivity contribution in [2.24, 2.45) is 17.8 Å². The second kappa shape index (κ2) is 5.71. The van der Waals surface area contributed by atoms with E-state index in [9.17, 15) is 9.59 Å². The van der Waals surface area contributed by atoms with Crippen molar-refractivity contribution in [2.45, 2.75) is 38.6 Å². The van der Waals surface area contributed by atoms with Crippen molar-refractivity contribution in [3.05, 3.63) is 10.6 Å². The van der Waals surface area contributed by atoms with Crippen molar-refractivity contribution in [1.82, 2.24) is 14.9 Å². The first kappa shape index (κ1) is 14.4. The maximum absolute atomic E-state index is 12.4. The number of nitrogens with one attached hydrogen (secondary N) is 1. The molecule has 2 bridgehead atoms. The van der Waals surface area contributed by atoms with Crippen LogP contribution in [0, 0.1) is 17.8 Å². The van der Waals surface area contributed by atoms with E-state index in [2.05, 4.69) is 14.9 Å². The fourth-order valence-electron chi connectivity index (χ4n) is 3.80. The molecule has 3 rings (SSSR count). The number of aromatic nitrogens is 2. The molecular weight excluding hydrogens is 290 g/mol. The molecule has 0 spiro atoms. The molecule has 0 aliphatic heterocycles. The van der Waals surface area contributed by atoms with Crippen molar-refractivity contribution >= 4 is 23.4 Å². The van der Waals surface area contributed by atoms with Crippen LogP contribution in [0.4, 0.5) is 0 Å². The number of rotatable bonds is 4. The smallest absolute Gasteiger partial charge is 0.311 e. The zero-order chi connectivity index (χ0) is 15.0. The van der Waals surface area contributed by atoms with E-state index in [1.54, 1.807) is 0 Å². The lowest BCUT2D eigenvalue weighted by Crippen LogP contribution is -2.47. The fraction of sp³-hybridized carbons (Fsp3) is 0.714. The van der Waals surface area contributed by atoms with E-state index < -0.39 is 0 Å². The van der Waals surface area contributed by atoms with Crippen LogP contribution in [0.15, 0.2) is 0 Å². The summed E-state index contributed by atoms with van der Waals surface area (Å²) in [6, 6.07) is -0.115. The van der Waals surface area contributed by atoms with E-state index in [0.717, 1.165) is 36.5 Å². The molecule has 2 aliphatic rings. The summed E-state index contributed by atoms with van der Waals surface area (Å²) in [6.45, 7) is 1.95. The minimum atomic E-state index is -0.205. The number of amides is 1. The maximum Gasteiger partial charge on any atom is 0.311 e. The van der Waals surface area contributed by atoms with Crippen molar-refractivity contribution in [3.63, 3.8) is 0 Å². The molecule has 2 aliphatic carbocycles. The molecule has 7 heteroatoms. The van der Waals surface area contributed by atoms with Gasteiger partial charge in [0, 0.05) is 6.04 Å². The van der Waals surface area contributed by atoms with Gasteiger partial charge in [-0.15, -0.1) is 5.10 Å². The third kappa shape index (κ3) is 2.43. The Labute approximate surface area is 127 Å². The Morgan fingerprint density at radius 1 is 1.38 bits per heavy atom. The van der Waals surface area contributed by atoms with E-state index in [1.807, 2.05) is 6.92 Å². The number of hydrogen-bond acceptors (Lipinski definition) is 6. The molecule has 0 aromatic carbocycles. The number of aryl methyl sites for hydroxylation is 1. The van der Waals surface area contributed by atoms with E-state index in [0.29, 0.717) is 23.1 Å². The highest BCUT2D eigenvalue weighted by atomic mass is 32.1. The van der Waals surface area contributed by atoms with E-state index in [1.165, 1.54) is 7.11 Å². The van der Waals surface area contributed by atoms with Gasteiger partial charge < -0.3 is 10.1 Å². The second-order valence-electron chi connectivity index (χ2n) is 5.78. The van der Waals surface area contributed by atoms with Gasteiger partial charge in [0.25, 0.3) is 5.91 Å². The topological polar surface area (TPSA) is 81.2 Å². The number of methoxy groups -OCH3 is 1. The molecule has 1 aromatic rings. The van der Waals surface area contributed by atoms with Crippen molar-refractivity contribution in [1.29, 1.82) is 0 Å². The molecule has 1 amide bonds. The first-order valence-corrected chi connectivity index (χ1v) is 8.13. The Morgan fingerprint density at radius 3 is 2.86 bits per heavy atom. The number of fused-ring (bicyclic) bond motifs is 2. The van der Waals surface area contributed by atoms with Crippen LogP contribution >= 0.6 is 11.5 Å². The lowest BCUT2D eigenvalue weighted by atomic mass is 9.84. The molecule has 114 valence electrons. The van der Waals surface area contributed by atoms with Gasteiger partial charge in [-0.2, -0.15) is 0 Å². The number of hydrogen-bond donors (Lipinski definition) is 1. The largest absolute Gasteiger partial charge is 0.469 e. The molecule has 0 unspecified atom stereocenters. The molecule has 0 radical (unpaired) electrons. The Hall–Kier alpha value is -1.50. The van der Waals surface area contributed by atoms with Crippen LogP contribution in [-0.2, 0) is 16.0 Å². The monoisotopic (exact) mass is 309 g/mol. The second-order valence-corrected chi connectivity index (χ2v) is 6.54. The van der Waals surface area contributed by atoms with Gasteiger partial charge in [-0.05, 0) is 49.1 Å². The zero-order valence-corrected chi connectivity index (χ0v) is 13.0. The summed E-state index contributed by atoms with van der Waals surface area (Å²) in [5, 5.41) is 7.01. The fourth-order valence-corrected chi connectivity index (χ4v) is 4.46. The molecule has 4 atom stereocenters. The van der Waals surface area contributed by atoms with Gasteiger partial charge in [-0.1, -0.05) is 11.4 Å². The summed E-state index contributed by atoms with van der Waals surface area (Å²) >= 11 is 1.11. The third-order valence-corrected chi connectivity index (χ3v) is 5.55. The van der Waals surface area contributed by atoms with Gasteiger partial charge in [0.05, 0.1) is 18.7 Å². The summed E-state index contributed by atoms with van der Waals surface area (Å²) in [5.41, 5.74) is 0.718. The number of carbonyl (C=O) groups is 2. The summed E-state index contributed by atoms with van der Waals surface area (Å²) in [4.78, 5) is 25.0. The van der Waals surface area contributed by atoms with Gasteiger partial charge in [-0.25, -0.2) is 0 Å². The highest BCUT2D eigenvalue weighted by Gasteiger charge is 2.52. The summed E-state index contributed by atoms with van der Waals surface area (Å²) in [7, 11) is 1.41. The van der Waals surface area contributed by atoms with Crippen LogP contribution in [0.1, 0.15) is 41.6 Å². The Kier molecular flexibility index (Phi) is 3.93. The maximum atomic E-state index is 12.4. The van der Waals surface area contributed by atoms with Gasteiger partial charge in [0.1, 0.15) is 4.88 Å². The number of esters is 1. The molecule has 1 aromatic heterocycles. The minimum Gasteiger partial charge on any atom is -0.469 e. The minimum absolute atomic E-state index is 0.115. The van der Waals surface area contributed by atoms with Crippen LogP contribution in [-0.4, -0.2) is 34.6 Å². The molecule has 2 saturated carbocycles. The Bertz CT molecular complexity index is 559. The van der Waals surface area contributed by atoms with E-state index >= 15 is 0 Å². The molecule has 0 saturated heterocycles. The average molecular weight is 309 g/mol. The number of nitrogens with zero attached hydrogens (tertiary/aromatic N) is 2. The highest BCUT2D eigenvalue weighted by Crippen LogP contribution is 2.49. The zero-order valence-electron chi connectivity index (χ0n) is 12.2. The predicted molar refractivity (Wildman–Crippen MR) is 76.9 cm³/mol. The van der Waals surface area contributed by atoms with Crippen LogP contribution in [0.2, 0.25) is 0 Å². The van der Waals surface area contributed by atoms with Crippen molar-refractivity contribution in [2.75, 3.05) is 7.11 Å². The predicted octanol–water partition coefficient (Wildman–Crippen LogP) is 1.42. The van der Waals surface area contributed by atoms with E-state index in [4.69, 9.17) is 4.74 Å². The van der Waals surface area contributed by atoms with Crippen LogP contribution in [0.3, 0.4) is 0 Å². The van der Waals surface area contributed by atoms with Gasteiger partial charge >= 0.3 is 5.97 Å². The van der Waals surface area contributed by atoms with Crippen molar-refractivity contribution < 1.29 is 14.3 Å². The quantitative estimate of drug-likeness (QED) is 0.851. The third-order valence-electron chi connectivity index (χ3n) is 4.78. The van der Waals surface area contributed by atoms with Crippen LogP contribution in [0.5, 0.6) is 0 Å². The summed E-state index contributed by atoms with van der Waals surface area (Å²) in [6.07, 6.45) is 3.81. The Balaban J connectivity index is 1.77. The Morgan fingerprint density at radius 2 is 2.14 bits per heavy atom. The molecule has 6 nitrogen and oxygen atoms in total. The standard InChI is InChI=1S/C14H19N3O3S/c1-3-9-12(21-17-16-9)13(18)15-11-8-5-4-7(6-8)10(11)14(19)20-2/h7-8,10-11H,3-6H2,1-2H3,(H,15,18)/t7-,8-,10-,11+/m0/s1. The SMILES string of the molecule is CCc1nnsc1C(=O)N[C@@H]1[C@H]2CC[C@@H](C2)[C@@H]1C(=O)OC. The van der Waals surface area contributed by atoms with E-state index in [-0.39, 0.29) is 23.8 Å². The molecule has 1 heterocycles. The number of carbonyl (C=O) groups excluding carboxylic acids is 2. The summed E-state index contributed by atoms with van der Waals surface area (Å²) < 4.78 is 8.77. The lowest BCUT2D eigenvalue weighted by molar-refractivity contribution is -0.148. The number of ether oxygens (including phenoxy) is 1. The van der Waals surface area contributed by atoms with Crippen molar-refractivity contribution in [3.8, 4) is 0 Å². The first-order valence-electron chi connectivity index (χ1n) is 7.35. The molecule has 21 heavy (non-hydrogen) atoms. The average Bonchev–Trinajstić information content (AvgIpc) is 3.20. The first-order chi connectivity index (χ1) is 10.2. The van der Waals surface area contributed by atoms with Gasteiger partial charge in [-0.3, -0.25) is 9.59 Å². The molecular formula is C14H19N3O3S. The van der Waals surface area contributed by atoms with Crippen LogP contribution < -0.4 is 5.32 Å². The van der Waals surface area contributed by atoms with Gasteiger partial charge in [0.15, 0.2) is 0 Å². The van der Waals surface area contributed by atoms with Gasteiger partial charge in [0.2, 0.25) is 0 Å². The normalized spacial score (nSPS) is 30.4. The lowest BCUT2D eigenvalue weighted by Gasteiger charge is -2.29. The highest BCUT2D eigenvalue weighted by molar-refractivity contribution is 7.08. The molecule has 2 fully saturated rings. The summed E-state index contributed by atoms with van der Waals surface area (Å²) in [5.74, 6) is 0.162. The molecule has 1 N–H and O–H groups in total.